The molecule has 1 aliphatic rings. The highest BCUT2D eigenvalue weighted by molar-refractivity contribution is 7.17. The van der Waals surface area contributed by atoms with Gasteiger partial charge in [0.2, 0.25) is 5.91 Å². The molecule has 2 aromatic rings. The summed E-state index contributed by atoms with van der Waals surface area (Å²) in [5.74, 6) is -0.286. The van der Waals surface area contributed by atoms with E-state index in [0.717, 1.165) is 42.5 Å². The van der Waals surface area contributed by atoms with E-state index in [9.17, 15) is 9.59 Å². The van der Waals surface area contributed by atoms with Crippen LogP contribution in [0, 0.1) is 6.92 Å². The molecular weight excluding hydrogens is 322 g/mol. The molecule has 0 atom stereocenters. The maximum Gasteiger partial charge on any atom is 0.254 e. The van der Waals surface area contributed by atoms with E-state index >= 15 is 0 Å². The van der Waals surface area contributed by atoms with Crippen molar-refractivity contribution in [1.29, 1.82) is 0 Å². The lowest BCUT2D eigenvalue weighted by Gasteiger charge is -2.13. The third-order valence-corrected chi connectivity index (χ3v) is 5.43. The van der Waals surface area contributed by atoms with Crippen LogP contribution in [0.15, 0.2) is 18.3 Å². The zero-order valence-corrected chi connectivity index (χ0v) is 14.8. The highest BCUT2D eigenvalue weighted by Crippen LogP contribution is 2.38. The van der Waals surface area contributed by atoms with E-state index in [1.807, 2.05) is 19.1 Å². The fourth-order valence-electron chi connectivity index (χ4n) is 3.01. The fourth-order valence-corrected chi connectivity index (χ4v) is 4.34. The van der Waals surface area contributed by atoms with Crippen LogP contribution in [0.3, 0.4) is 0 Å². The first kappa shape index (κ1) is 16.6. The largest absolute Gasteiger partial charge is 0.346 e. The number of carbonyl (C=O) groups excluding carboxylic acids is 2. The van der Waals surface area contributed by atoms with Crippen LogP contribution in [0.2, 0.25) is 0 Å². The molecule has 24 heavy (non-hydrogen) atoms. The lowest BCUT2D eigenvalue weighted by atomic mass is 9.95. The van der Waals surface area contributed by atoms with E-state index in [1.54, 1.807) is 6.20 Å². The number of hydrogen-bond donors (Lipinski definition) is 2. The van der Waals surface area contributed by atoms with Crippen LogP contribution in [0.1, 0.15) is 51.8 Å². The second-order valence-electron chi connectivity index (χ2n) is 6.05. The molecule has 0 unspecified atom stereocenters. The monoisotopic (exact) mass is 343 g/mol. The van der Waals surface area contributed by atoms with Gasteiger partial charge in [-0.1, -0.05) is 6.07 Å². The number of aromatic nitrogens is 1. The molecule has 0 saturated heterocycles. The van der Waals surface area contributed by atoms with Crippen molar-refractivity contribution in [3.05, 3.63) is 45.6 Å². The van der Waals surface area contributed by atoms with Crippen LogP contribution >= 0.6 is 11.3 Å². The number of aryl methyl sites for hydroxylation is 2. The zero-order valence-electron chi connectivity index (χ0n) is 13.9. The summed E-state index contributed by atoms with van der Waals surface area (Å²) in [7, 11) is 0. The number of carbonyl (C=O) groups is 2. The summed E-state index contributed by atoms with van der Waals surface area (Å²) in [6.07, 6.45) is 5.84. The highest BCUT2D eigenvalue weighted by Gasteiger charge is 2.25. The van der Waals surface area contributed by atoms with Gasteiger partial charge >= 0.3 is 0 Å². The second-order valence-corrected chi connectivity index (χ2v) is 7.15. The minimum atomic E-state index is -0.150. The van der Waals surface area contributed by atoms with Crippen molar-refractivity contribution in [2.75, 3.05) is 5.32 Å². The smallest absolute Gasteiger partial charge is 0.254 e. The standard InChI is InChI=1S/C18H21N3O2S/c1-11-6-5-9-19-14(11)10-20-17(23)16-13-7-3-4-8-15(13)24-18(16)21-12(2)22/h5-6,9H,3-4,7-8,10H2,1-2H3,(H,20,23)(H,21,22). The van der Waals surface area contributed by atoms with Crippen molar-refractivity contribution in [3.63, 3.8) is 0 Å². The minimum Gasteiger partial charge on any atom is -0.346 e. The number of pyridine rings is 1. The lowest BCUT2D eigenvalue weighted by molar-refractivity contribution is -0.114. The molecule has 0 aromatic carbocycles. The molecule has 0 spiro atoms. The van der Waals surface area contributed by atoms with Crippen LogP contribution in [0.5, 0.6) is 0 Å². The zero-order chi connectivity index (χ0) is 17.1. The van der Waals surface area contributed by atoms with E-state index < -0.39 is 0 Å². The Hall–Kier alpha value is -2.21. The van der Waals surface area contributed by atoms with Gasteiger partial charge in [-0.15, -0.1) is 11.3 Å². The minimum absolute atomic E-state index is 0.136. The van der Waals surface area contributed by atoms with Crippen LogP contribution in [-0.2, 0) is 24.2 Å². The van der Waals surface area contributed by atoms with E-state index in [0.29, 0.717) is 17.1 Å². The number of nitrogens with one attached hydrogen (secondary N) is 2. The molecule has 1 aliphatic carbocycles. The van der Waals surface area contributed by atoms with Crippen molar-refractivity contribution in [1.82, 2.24) is 10.3 Å². The molecular formula is C18H21N3O2S. The Morgan fingerprint density at radius 1 is 1.29 bits per heavy atom. The van der Waals surface area contributed by atoms with Crippen LogP contribution in [0.25, 0.3) is 0 Å². The number of hydrogen-bond acceptors (Lipinski definition) is 4. The first-order valence-corrected chi connectivity index (χ1v) is 8.98. The summed E-state index contributed by atoms with van der Waals surface area (Å²) < 4.78 is 0. The molecule has 0 aliphatic heterocycles. The Morgan fingerprint density at radius 2 is 2.08 bits per heavy atom. The normalized spacial score (nSPS) is 13.2. The first-order chi connectivity index (χ1) is 11.6. The summed E-state index contributed by atoms with van der Waals surface area (Å²) >= 11 is 1.54. The predicted octanol–water partition coefficient (Wildman–Crippen LogP) is 3.22. The molecule has 2 heterocycles. The van der Waals surface area contributed by atoms with Gasteiger partial charge in [0.1, 0.15) is 5.00 Å². The maximum absolute atomic E-state index is 12.8. The molecule has 2 amide bonds. The Labute approximate surface area is 145 Å². The van der Waals surface area contributed by atoms with Crippen LogP contribution in [-0.4, -0.2) is 16.8 Å². The van der Waals surface area contributed by atoms with E-state index in [4.69, 9.17) is 0 Å². The molecule has 5 nitrogen and oxygen atoms in total. The number of rotatable bonds is 4. The first-order valence-electron chi connectivity index (χ1n) is 8.17. The molecule has 0 saturated carbocycles. The van der Waals surface area contributed by atoms with Crippen LogP contribution in [0.4, 0.5) is 5.00 Å². The predicted molar refractivity (Wildman–Crippen MR) is 95.4 cm³/mol. The number of thiophene rings is 1. The van der Waals surface area contributed by atoms with Crippen molar-refractivity contribution in [2.24, 2.45) is 0 Å². The van der Waals surface area contributed by atoms with Gasteiger partial charge in [-0.2, -0.15) is 0 Å². The Morgan fingerprint density at radius 3 is 2.83 bits per heavy atom. The lowest BCUT2D eigenvalue weighted by Crippen LogP contribution is -2.26. The molecule has 6 heteroatoms. The van der Waals surface area contributed by atoms with Gasteiger partial charge in [0, 0.05) is 18.0 Å². The molecule has 3 rings (SSSR count). The van der Waals surface area contributed by atoms with Crippen molar-refractivity contribution in [3.8, 4) is 0 Å². The molecule has 0 radical (unpaired) electrons. The van der Waals surface area contributed by atoms with Crippen molar-refractivity contribution in [2.45, 2.75) is 46.1 Å². The SMILES string of the molecule is CC(=O)Nc1sc2c(c1C(=O)NCc1ncccc1C)CCCC2. The van der Waals surface area contributed by atoms with Gasteiger partial charge in [-0.3, -0.25) is 14.6 Å². The Balaban J connectivity index is 1.84. The Kier molecular flexibility index (Phi) is 4.94. The van der Waals surface area contributed by atoms with Crippen molar-refractivity contribution < 1.29 is 9.59 Å². The summed E-state index contributed by atoms with van der Waals surface area (Å²) in [5.41, 5.74) is 3.65. The summed E-state index contributed by atoms with van der Waals surface area (Å²) in [5, 5.41) is 6.46. The summed E-state index contributed by atoms with van der Waals surface area (Å²) in [6, 6.07) is 3.86. The van der Waals surface area contributed by atoms with Gasteiger partial charge < -0.3 is 10.6 Å². The number of anilines is 1. The number of nitrogens with zero attached hydrogens (tertiary/aromatic N) is 1. The Bertz CT molecular complexity index is 783. The molecule has 2 aromatic heterocycles. The van der Waals surface area contributed by atoms with E-state index in [2.05, 4.69) is 15.6 Å². The number of fused-ring (bicyclic) bond motifs is 1. The van der Waals surface area contributed by atoms with E-state index in [-0.39, 0.29) is 11.8 Å². The highest BCUT2D eigenvalue weighted by atomic mass is 32.1. The molecule has 126 valence electrons. The maximum atomic E-state index is 12.8. The molecule has 0 bridgehead atoms. The third kappa shape index (κ3) is 3.48. The average Bonchev–Trinajstić information content (AvgIpc) is 2.91. The number of amides is 2. The summed E-state index contributed by atoms with van der Waals surface area (Å²) in [4.78, 5) is 29.8. The van der Waals surface area contributed by atoms with Gasteiger partial charge in [-0.05, 0) is 49.8 Å². The van der Waals surface area contributed by atoms with Gasteiger partial charge in [0.25, 0.3) is 5.91 Å². The molecule has 2 N–H and O–H groups in total. The second kappa shape index (κ2) is 7.13. The van der Waals surface area contributed by atoms with Crippen molar-refractivity contribution >= 4 is 28.2 Å². The van der Waals surface area contributed by atoms with Gasteiger partial charge in [-0.25, -0.2) is 0 Å². The van der Waals surface area contributed by atoms with Gasteiger partial charge in [0.05, 0.1) is 17.8 Å². The summed E-state index contributed by atoms with van der Waals surface area (Å²) in [6.45, 7) is 3.83. The van der Waals surface area contributed by atoms with Crippen LogP contribution < -0.4 is 10.6 Å². The molecule has 0 fully saturated rings. The average molecular weight is 343 g/mol. The quantitative estimate of drug-likeness (QED) is 0.895. The third-order valence-electron chi connectivity index (χ3n) is 4.22. The van der Waals surface area contributed by atoms with Gasteiger partial charge in [0.15, 0.2) is 0 Å². The van der Waals surface area contributed by atoms with E-state index in [1.165, 1.54) is 23.1 Å². The fraction of sp³-hybridized carbons (Fsp3) is 0.389. The topological polar surface area (TPSA) is 71.1 Å².